The van der Waals surface area contributed by atoms with Crippen LogP contribution in [0.2, 0.25) is 0 Å². The van der Waals surface area contributed by atoms with Crippen molar-refractivity contribution in [3.8, 4) is 5.75 Å². The average molecular weight is 291 g/mol. The minimum Gasteiger partial charge on any atom is -0.497 e. The molecule has 21 heavy (non-hydrogen) atoms. The summed E-state index contributed by atoms with van der Waals surface area (Å²) in [6, 6.07) is 6.21. The van der Waals surface area contributed by atoms with E-state index in [2.05, 4.69) is 19.2 Å². The Balaban J connectivity index is 2.46. The van der Waals surface area contributed by atoms with Crippen LogP contribution in [0, 0.1) is 0 Å². The van der Waals surface area contributed by atoms with Crippen molar-refractivity contribution in [1.82, 2.24) is 5.32 Å². The second kappa shape index (κ2) is 6.48. The van der Waals surface area contributed by atoms with Gasteiger partial charge < -0.3 is 9.47 Å². The molecule has 0 bridgehead atoms. The zero-order valence-electron chi connectivity index (χ0n) is 13.4. The summed E-state index contributed by atoms with van der Waals surface area (Å²) < 4.78 is 10.7. The lowest BCUT2D eigenvalue weighted by atomic mass is 9.90. The molecule has 1 aromatic rings. The second-order valence-corrected chi connectivity index (χ2v) is 5.60. The number of hydrogen-bond acceptors (Lipinski definition) is 4. The molecule has 0 fully saturated rings. The molecule has 0 saturated carbocycles. The van der Waals surface area contributed by atoms with Crippen LogP contribution < -0.4 is 10.1 Å². The molecule has 0 amide bonds. The molecule has 1 aliphatic rings. The molecule has 0 aliphatic heterocycles. The number of hydrogen-bond donors (Lipinski definition) is 1. The zero-order chi connectivity index (χ0) is 15.5. The summed E-state index contributed by atoms with van der Waals surface area (Å²) in [5.41, 5.74) is 1.45. The van der Waals surface area contributed by atoms with Crippen molar-refractivity contribution in [2.45, 2.75) is 51.6 Å². The average Bonchev–Trinajstić information content (AvgIpc) is 2.86. The molecule has 2 unspecified atom stereocenters. The van der Waals surface area contributed by atoms with E-state index in [0.717, 1.165) is 30.6 Å². The lowest BCUT2D eigenvalue weighted by molar-refractivity contribution is -0.152. The van der Waals surface area contributed by atoms with Crippen LogP contribution in [-0.2, 0) is 21.5 Å². The Hall–Kier alpha value is -1.55. The van der Waals surface area contributed by atoms with E-state index in [9.17, 15) is 4.79 Å². The Morgan fingerprint density at radius 2 is 2.19 bits per heavy atom. The summed E-state index contributed by atoms with van der Waals surface area (Å²) in [5, 5.41) is 3.50. The third kappa shape index (κ3) is 2.91. The van der Waals surface area contributed by atoms with E-state index in [0.29, 0.717) is 6.61 Å². The minimum absolute atomic E-state index is 0.183. The molecule has 1 aromatic carbocycles. The van der Waals surface area contributed by atoms with Crippen LogP contribution in [0.15, 0.2) is 18.2 Å². The third-order valence-electron chi connectivity index (χ3n) is 4.28. The highest BCUT2D eigenvalue weighted by atomic mass is 16.5. The van der Waals surface area contributed by atoms with Gasteiger partial charge in [0.05, 0.1) is 13.7 Å². The first-order valence-electron chi connectivity index (χ1n) is 7.69. The number of carbonyl (C=O) groups excluding carboxylic acids is 1. The van der Waals surface area contributed by atoms with Gasteiger partial charge in [0.2, 0.25) is 0 Å². The SMILES string of the molecule is CCOC(=O)C1(NC(C)CC)CCc2ccc(OC)cc21. The number of nitrogens with one attached hydrogen (secondary N) is 1. The van der Waals surface area contributed by atoms with Gasteiger partial charge in [-0.15, -0.1) is 0 Å². The van der Waals surface area contributed by atoms with Gasteiger partial charge in [0.25, 0.3) is 0 Å². The summed E-state index contributed by atoms with van der Waals surface area (Å²) in [4.78, 5) is 12.7. The molecule has 116 valence electrons. The maximum absolute atomic E-state index is 12.7. The van der Waals surface area contributed by atoms with E-state index in [1.165, 1.54) is 5.56 Å². The van der Waals surface area contributed by atoms with Crippen molar-refractivity contribution in [3.63, 3.8) is 0 Å². The topological polar surface area (TPSA) is 47.6 Å². The van der Waals surface area contributed by atoms with Crippen molar-refractivity contribution in [2.24, 2.45) is 0 Å². The first kappa shape index (κ1) is 15.8. The first-order chi connectivity index (χ1) is 10.1. The van der Waals surface area contributed by atoms with Crippen LogP contribution in [-0.4, -0.2) is 25.7 Å². The molecule has 0 saturated heterocycles. The maximum Gasteiger partial charge on any atom is 0.331 e. The van der Waals surface area contributed by atoms with Crippen molar-refractivity contribution >= 4 is 5.97 Å². The zero-order valence-corrected chi connectivity index (χ0v) is 13.4. The fraction of sp³-hybridized carbons (Fsp3) is 0.588. The van der Waals surface area contributed by atoms with Crippen LogP contribution >= 0.6 is 0 Å². The number of fused-ring (bicyclic) bond motifs is 1. The Labute approximate surface area is 126 Å². The second-order valence-electron chi connectivity index (χ2n) is 5.60. The van der Waals surface area contributed by atoms with Gasteiger partial charge in [-0.05, 0) is 56.4 Å². The summed E-state index contributed by atoms with van der Waals surface area (Å²) in [6.07, 6.45) is 2.57. The Morgan fingerprint density at radius 3 is 2.81 bits per heavy atom. The number of carbonyl (C=O) groups is 1. The van der Waals surface area contributed by atoms with Crippen LogP contribution in [0.1, 0.15) is 44.7 Å². The summed E-state index contributed by atoms with van der Waals surface area (Å²) >= 11 is 0. The van der Waals surface area contributed by atoms with Gasteiger partial charge in [0.1, 0.15) is 11.3 Å². The molecule has 2 atom stereocenters. The number of aryl methyl sites for hydroxylation is 1. The van der Waals surface area contributed by atoms with Gasteiger partial charge in [0.15, 0.2) is 0 Å². The summed E-state index contributed by atoms with van der Waals surface area (Å²) in [6.45, 7) is 6.44. The van der Waals surface area contributed by atoms with Gasteiger partial charge in [-0.1, -0.05) is 13.0 Å². The molecule has 0 spiro atoms. The number of benzene rings is 1. The standard InChI is InChI=1S/C17H25NO3/c1-5-12(3)18-17(16(19)21-6-2)10-9-13-7-8-14(20-4)11-15(13)17/h7-8,11-12,18H,5-6,9-10H2,1-4H3. The van der Waals surface area contributed by atoms with E-state index in [4.69, 9.17) is 9.47 Å². The number of methoxy groups -OCH3 is 1. The fourth-order valence-electron chi connectivity index (χ4n) is 2.95. The van der Waals surface area contributed by atoms with Crippen LogP contribution in [0.3, 0.4) is 0 Å². The van der Waals surface area contributed by atoms with E-state index in [1.54, 1.807) is 7.11 Å². The summed E-state index contributed by atoms with van der Waals surface area (Å²) in [7, 11) is 1.64. The lowest BCUT2D eigenvalue weighted by Gasteiger charge is -2.32. The van der Waals surface area contributed by atoms with Crippen molar-refractivity contribution in [2.75, 3.05) is 13.7 Å². The largest absolute Gasteiger partial charge is 0.497 e. The Morgan fingerprint density at radius 1 is 1.43 bits per heavy atom. The highest BCUT2D eigenvalue weighted by molar-refractivity contribution is 5.84. The normalized spacial score (nSPS) is 21.7. The number of esters is 1. The number of ether oxygens (including phenoxy) is 2. The van der Waals surface area contributed by atoms with Crippen LogP contribution in [0.5, 0.6) is 5.75 Å². The highest BCUT2D eigenvalue weighted by Gasteiger charge is 2.47. The maximum atomic E-state index is 12.7. The predicted molar refractivity (Wildman–Crippen MR) is 82.5 cm³/mol. The Bertz CT molecular complexity index is 515. The molecular formula is C17H25NO3. The lowest BCUT2D eigenvalue weighted by Crippen LogP contribution is -2.52. The van der Waals surface area contributed by atoms with Gasteiger partial charge in [-0.25, -0.2) is 4.79 Å². The van der Waals surface area contributed by atoms with E-state index >= 15 is 0 Å². The van der Waals surface area contributed by atoms with Crippen LogP contribution in [0.4, 0.5) is 0 Å². The fourth-order valence-corrected chi connectivity index (χ4v) is 2.95. The van der Waals surface area contributed by atoms with Crippen LogP contribution in [0.25, 0.3) is 0 Å². The summed E-state index contributed by atoms with van der Waals surface area (Å²) in [5.74, 6) is 0.590. The smallest absolute Gasteiger partial charge is 0.331 e. The predicted octanol–water partition coefficient (Wildman–Crippen LogP) is 2.79. The van der Waals surface area contributed by atoms with Crippen molar-refractivity contribution in [1.29, 1.82) is 0 Å². The van der Waals surface area contributed by atoms with Crippen molar-refractivity contribution < 1.29 is 14.3 Å². The monoisotopic (exact) mass is 291 g/mol. The van der Waals surface area contributed by atoms with Crippen molar-refractivity contribution in [3.05, 3.63) is 29.3 Å². The molecule has 0 aromatic heterocycles. The van der Waals surface area contributed by atoms with Gasteiger partial charge in [-0.3, -0.25) is 5.32 Å². The quantitative estimate of drug-likeness (QED) is 0.819. The molecule has 4 heteroatoms. The van der Waals surface area contributed by atoms with E-state index < -0.39 is 5.54 Å². The van der Waals surface area contributed by atoms with E-state index in [-0.39, 0.29) is 12.0 Å². The van der Waals surface area contributed by atoms with E-state index in [1.807, 2.05) is 25.1 Å². The Kier molecular flexibility index (Phi) is 4.88. The minimum atomic E-state index is -0.741. The molecule has 0 heterocycles. The van der Waals surface area contributed by atoms with Gasteiger partial charge in [-0.2, -0.15) is 0 Å². The molecule has 1 N–H and O–H groups in total. The highest BCUT2D eigenvalue weighted by Crippen LogP contribution is 2.40. The molecular weight excluding hydrogens is 266 g/mol. The van der Waals surface area contributed by atoms with Gasteiger partial charge in [0, 0.05) is 6.04 Å². The third-order valence-corrected chi connectivity index (χ3v) is 4.28. The molecule has 4 nitrogen and oxygen atoms in total. The molecule has 2 rings (SSSR count). The molecule has 1 aliphatic carbocycles. The number of rotatable bonds is 6. The first-order valence-corrected chi connectivity index (χ1v) is 7.69. The molecule has 0 radical (unpaired) electrons. The van der Waals surface area contributed by atoms with Gasteiger partial charge >= 0.3 is 5.97 Å².